The van der Waals surface area contributed by atoms with E-state index in [1.807, 2.05) is 6.07 Å². The smallest absolute Gasteiger partial charge is 0.346 e. The summed E-state index contributed by atoms with van der Waals surface area (Å²) in [5, 5.41) is 9.05. The molecule has 2 aliphatic heterocycles. The van der Waals surface area contributed by atoms with Crippen LogP contribution in [0.4, 0.5) is 9.80 Å². The molecule has 8 heteroatoms. The van der Waals surface area contributed by atoms with Crippen molar-refractivity contribution in [3.05, 3.63) is 46.8 Å². The number of methoxy groups -OCH3 is 1. The molecule has 3 heterocycles. The number of amides is 3. The molecule has 1 atom stereocenters. The number of ether oxygens (including phenoxy) is 1. The Morgan fingerprint density at radius 2 is 1.83 bits per heavy atom. The number of hydrogen-bond acceptors (Lipinski definition) is 6. The van der Waals surface area contributed by atoms with Gasteiger partial charge in [-0.3, -0.25) is 4.79 Å². The van der Waals surface area contributed by atoms with E-state index in [0.717, 1.165) is 23.0 Å². The lowest BCUT2D eigenvalue weighted by Gasteiger charge is -2.27. The number of imide groups is 1. The monoisotopic (exact) mass is 412 g/mol. The molecular weight excluding hydrogens is 388 g/mol. The molecule has 1 aromatic heterocycles. The van der Waals surface area contributed by atoms with Crippen LogP contribution < -0.4 is 15.0 Å². The third-order valence-corrected chi connectivity index (χ3v) is 6.50. The highest BCUT2D eigenvalue weighted by Crippen LogP contribution is 2.31. The van der Waals surface area contributed by atoms with Crippen molar-refractivity contribution in [1.29, 1.82) is 0 Å². The first kappa shape index (κ1) is 19.4. The molecule has 1 aromatic carbocycles. The number of hydrogen-bond donors (Lipinski definition) is 1. The molecule has 1 unspecified atom stereocenters. The lowest BCUT2D eigenvalue weighted by Crippen LogP contribution is -2.40. The second-order valence-corrected chi connectivity index (χ2v) is 8.46. The first-order valence-corrected chi connectivity index (χ1v) is 10.5. The number of rotatable bonds is 5. The van der Waals surface area contributed by atoms with E-state index in [4.69, 9.17) is 4.74 Å². The number of urea groups is 1. The maximum Gasteiger partial charge on any atom is 0.346 e. The van der Waals surface area contributed by atoms with Crippen LogP contribution in [-0.4, -0.2) is 43.4 Å². The first-order chi connectivity index (χ1) is 14.0. The van der Waals surface area contributed by atoms with Crippen molar-refractivity contribution in [2.24, 2.45) is 5.10 Å². The van der Waals surface area contributed by atoms with Gasteiger partial charge in [0.2, 0.25) is 0 Å². The fourth-order valence-corrected chi connectivity index (χ4v) is 4.58. The van der Waals surface area contributed by atoms with Crippen molar-refractivity contribution in [3.8, 4) is 5.75 Å². The average Bonchev–Trinajstić information content (AvgIpc) is 3.31. The fraction of sp³-hybridized carbons (Fsp3) is 0.381. The SMILES string of the molecule is COc1ccc(C2(C)NC(=O)N(/N=C/c3ccc(N4CCCCC4)s3)C2=O)cc1. The van der Waals surface area contributed by atoms with E-state index in [1.54, 1.807) is 55.9 Å². The number of anilines is 1. The molecule has 29 heavy (non-hydrogen) atoms. The Morgan fingerprint density at radius 3 is 2.52 bits per heavy atom. The molecule has 2 aromatic rings. The maximum atomic E-state index is 13.0. The highest BCUT2D eigenvalue weighted by Gasteiger charge is 2.49. The minimum absolute atomic E-state index is 0.406. The van der Waals surface area contributed by atoms with Crippen LogP contribution in [0.25, 0.3) is 0 Å². The minimum atomic E-state index is -1.16. The Hall–Kier alpha value is -2.87. The number of piperidine rings is 1. The quantitative estimate of drug-likeness (QED) is 0.602. The van der Waals surface area contributed by atoms with E-state index in [1.165, 1.54) is 24.3 Å². The molecule has 152 valence electrons. The van der Waals surface area contributed by atoms with Crippen LogP contribution in [0.15, 0.2) is 41.5 Å². The molecule has 3 amide bonds. The standard InChI is InChI=1S/C21H24N4O3S/c1-21(15-6-8-16(28-2)9-7-15)19(26)25(20(27)23-21)22-14-17-10-11-18(29-17)24-12-4-3-5-13-24/h6-11,14H,3-5,12-13H2,1-2H3,(H,23,27)/b22-14+. The number of benzene rings is 1. The summed E-state index contributed by atoms with van der Waals surface area (Å²) < 4.78 is 5.16. The minimum Gasteiger partial charge on any atom is -0.497 e. The van der Waals surface area contributed by atoms with E-state index >= 15 is 0 Å². The Bertz CT molecular complexity index is 934. The highest BCUT2D eigenvalue weighted by molar-refractivity contribution is 7.17. The van der Waals surface area contributed by atoms with Gasteiger partial charge in [0.15, 0.2) is 0 Å². The van der Waals surface area contributed by atoms with Crippen molar-refractivity contribution in [2.45, 2.75) is 31.7 Å². The van der Waals surface area contributed by atoms with Gasteiger partial charge in [0.25, 0.3) is 5.91 Å². The van der Waals surface area contributed by atoms with Gasteiger partial charge in [-0.05, 0) is 56.0 Å². The second-order valence-electron chi connectivity index (χ2n) is 7.37. The normalized spacial score (nSPS) is 22.4. The number of hydrazone groups is 1. The predicted molar refractivity (Wildman–Crippen MR) is 114 cm³/mol. The summed E-state index contributed by atoms with van der Waals surface area (Å²) in [6.07, 6.45) is 5.30. The van der Waals surface area contributed by atoms with E-state index in [2.05, 4.69) is 21.4 Å². The molecule has 7 nitrogen and oxygen atoms in total. The molecular formula is C21H24N4O3S. The van der Waals surface area contributed by atoms with Crippen molar-refractivity contribution < 1.29 is 14.3 Å². The van der Waals surface area contributed by atoms with Crippen LogP contribution >= 0.6 is 11.3 Å². The third-order valence-electron chi connectivity index (χ3n) is 5.42. The summed E-state index contributed by atoms with van der Waals surface area (Å²) in [5.41, 5.74) is -0.479. The summed E-state index contributed by atoms with van der Waals surface area (Å²) in [5.74, 6) is 0.280. The molecule has 0 radical (unpaired) electrons. The predicted octanol–water partition coefficient (Wildman–Crippen LogP) is 3.55. The van der Waals surface area contributed by atoms with Crippen LogP contribution in [0.2, 0.25) is 0 Å². The van der Waals surface area contributed by atoms with Crippen molar-refractivity contribution in [3.63, 3.8) is 0 Å². The van der Waals surface area contributed by atoms with Gasteiger partial charge < -0.3 is 15.0 Å². The van der Waals surface area contributed by atoms with E-state index in [-0.39, 0.29) is 0 Å². The van der Waals surface area contributed by atoms with E-state index < -0.39 is 17.5 Å². The van der Waals surface area contributed by atoms with E-state index in [9.17, 15) is 9.59 Å². The topological polar surface area (TPSA) is 74.2 Å². The maximum absolute atomic E-state index is 13.0. The van der Waals surface area contributed by atoms with E-state index in [0.29, 0.717) is 11.3 Å². The number of nitrogens with zero attached hydrogens (tertiary/aromatic N) is 3. The largest absolute Gasteiger partial charge is 0.497 e. The molecule has 1 N–H and O–H groups in total. The average molecular weight is 413 g/mol. The molecule has 0 bridgehead atoms. The van der Waals surface area contributed by atoms with Gasteiger partial charge in [-0.2, -0.15) is 5.10 Å². The lowest BCUT2D eigenvalue weighted by molar-refractivity contribution is -0.131. The van der Waals surface area contributed by atoms with Gasteiger partial charge in [-0.25, -0.2) is 4.79 Å². The van der Waals surface area contributed by atoms with Crippen LogP contribution in [0, 0.1) is 0 Å². The molecule has 2 saturated heterocycles. The Labute approximate surface area is 174 Å². The molecule has 2 aliphatic rings. The zero-order chi connectivity index (χ0) is 20.4. The summed E-state index contributed by atoms with van der Waals surface area (Å²) in [7, 11) is 1.58. The fourth-order valence-electron chi connectivity index (χ4n) is 3.66. The van der Waals surface area contributed by atoms with Gasteiger partial charge in [0, 0.05) is 18.0 Å². The molecule has 4 rings (SSSR count). The molecule has 0 saturated carbocycles. The highest BCUT2D eigenvalue weighted by atomic mass is 32.1. The number of thiophene rings is 1. The Balaban J connectivity index is 1.49. The number of nitrogens with one attached hydrogen (secondary N) is 1. The third kappa shape index (κ3) is 3.72. The van der Waals surface area contributed by atoms with Crippen molar-refractivity contribution in [1.82, 2.24) is 10.3 Å². The van der Waals surface area contributed by atoms with Crippen LogP contribution in [-0.2, 0) is 10.3 Å². The zero-order valence-electron chi connectivity index (χ0n) is 16.6. The van der Waals surface area contributed by atoms with Gasteiger partial charge in [-0.1, -0.05) is 12.1 Å². The van der Waals surface area contributed by atoms with Crippen LogP contribution in [0.5, 0.6) is 5.75 Å². The summed E-state index contributed by atoms with van der Waals surface area (Å²) >= 11 is 1.62. The summed E-state index contributed by atoms with van der Waals surface area (Å²) in [4.78, 5) is 28.7. The molecule has 2 fully saturated rings. The summed E-state index contributed by atoms with van der Waals surface area (Å²) in [6, 6.07) is 10.6. The van der Waals surface area contributed by atoms with Crippen LogP contribution in [0.3, 0.4) is 0 Å². The van der Waals surface area contributed by atoms with Gasteiger partial charge in [0.1, 0.15) is 11.3 Å². The molecule has 0 spiro atoms. The van der Waals surface area contributed by atoms with Crippen molar-refractivity contribution >= 4 is 34.5 Å². The zero-order valence-corrected chi connectivity index (χ0v) is 17.4. The molecule has 0 aliphatic carbocycles. The van der Waals surface area contributed by atoms with Gasteiger partial charge in [-0.15, -0.1) is 16.3 Å². The second kappa shape index (κ2) is 7.87. The Morgan fingerprint density at radius 1 is 1.10 bits per heavy atom. The summed E-state index contributed by atoms with van der Waals surface area (Å²) in [6.45, 7) is 3.83. The Kier molecular flexibility index (Phi) is 5.27. The first-order valence-electron chi connectivity index (χ1n) is 9.71. The van der Waals surface area contributed by atoms with Crippen molar-refractivity contribution in [2.75, 3.05) is 25.1 Å². The van der Waals surface area contributed by atoms with Gasteiger partial charge in [0.05, 0.1) is 18.3 Å². The number of carbonyl (C=O) groups is 2. The lowest BCUT2D eigenvalue weighted by atomic mass is 9.92. The van der Waals surface area contributed by atoms with Crippen LogP contribution in [0.1, 0.15) is 36.6 Å². The van der Waals surface area contributed by atoms with Gasteiger partial charge >= 0.3 is 6.03 Å². The number of carbonyl (C=O) groups excluding carboxylic acids is 2.